The zero-order valence-corrected chi connectivity index (χ0v) is 10.8. The van der Waals surface area contributed by atoms with Gasteiger partial charge in [-0.2, -0.15) is 5.10 Å². The number of thioether (sulfide) groups is 1. The second kappa shape index (κ2) is 5.84. The predicted molar refractivity (Wildman–Crippen MR) is 70.1 cm³/mol. The van der Waals surface area contributed by atoms with Gasteiger partial charge in [0.15, 0.2) is 5.16 Å². The van der Waals surface area contributed by atoms with E-state index in [2.05, 4.69) is 51.7 Å². The summed E-state index contributed by atoms with van der Waals surface area (Å²) in [5, 5.41) is 10.9. The highest BCUT2D eigenvalue weighted by molar-refractivity contribution is 7.99. The van der Waals surface area contributed by atoms with Gasteiger partial charge in [-0.15, -0.1) is 0 Å². The van der Waals surface area contributed by atoms with E-state index in [4.69, 9.17) is 0 Å². The summed E-state index contributed by atoms with van der Waals surface area (Å²) in [6.07, 6.45) is 1.53. The average Bonchev–Trinajstić information content (AvgIpc) is 2.85. The number of nitrogens with zero attached hydrogens (tertiary/aromatic N) is 2. The van der Waals surface area contributed by atoms with Crippen LogP contribution in [0.2, 0.25) is 0 Å². The van der Waals surface area contributed by atoms with Crippen LogP contribution in [-0.4, -0.2) is 28.0 Å². The van der Waals surface area contributed by atoms with Gasteiger partial charge >= 0.3 is 0 Å². The summed E-state index contributed by atoms with van der Waals surface area (Å²) in [5.41, 5.74) is 2.65. The van der Waals surface area contributed by atoms with E-state index in [0.29, 0.717) is 6.04 Å². The van der Waals surface area contributed by atoms with Gasteiger partial charge in [-0.1, -0.05) is 36.0 Å². The molecule has 0 aliphatic rings. The molecule has 1 aromatic heterocycles. The van der Waals surface area contributed by atoms with Crippen LogP contribution in [0.3, 0.4) is 0 Å². The Hall–Kier alpha value is -1.33. The van der Waals surface area contributed by atoms with Gasteiger partial charge in [-0.3, -0.25) is 5.10 Å². The molecule has 5 heteroatoms. The molecule has 1 unspecified atom stereocenters. The van der Waals surface area contributed by atoms with Crippen LogP contribution in [0, 0.1) is 6.92 Å². The normalized spacial score (nSPS) is 12.6. The monoisotopic (exact) mass is 248 g/mol. The summed E-state index contributed by atoms with van der Waals surface area (Å²) in [7, 11) is 1.98. The lowest BCUT2D eigenvalue weighted by Gasteiger charge is -2.17. The number of rotatable bonds is 5. The van der Waals surface area contributed by atoms with Crippen molar-refractivity contribution in [3.63, 3.8) is 0 Å². The third-order valence-corrected chi connectivity index (χ3v) is 3.66. The minimum Gasteiger partial charge on any atom is -0.312 e. The number of aromatic nitrogens is 3. The maximum absolute atomic E-state index is 4.11. The van der Waals surface area contributed by atoms with Crippen LogP contribution in [0.5, 0.6) is 0 Å². The Balaban J connectivity index is 2.04. The van der Waals surface area contributed by atoms with E-state index in [-0.39, 0.29) is 0 Å². The van der Waals surface area contributed by atoms with Crippen molar-refractivity contribution in [3.8, 4) is 0 Å². The number of H-pyrrole nitrogens is 1. The van der Waals surface area contributed by atoms with E-state index < -0.39 is 0 Å². The summed E-state index contributed by atoms with van der Waals surface area (Å²) in [6, 6.07) is 8.77. The van der Waals surface area contributed by atoms with Crippen molar-refractivity contribution in [1.29, 1.82) is 0 Å². The van der Waals surface area contributed by atoms with Crippen LogP contribution in [0.15, 0.2) is 35.7 Å². The summed E-state index contributed by atoms with van der Waals surface area (Å²) in [5.74, 6) is 0.927. The fourth-order valence-electron chi connectivity index (χ4n) is 1.73. The molecule has 4 nitrogen and oxygen atoms in total. The van der Waals surface area contributed by atoms with Crippen LogP contribution >= 0.6 is 11.8 Å². The van der Waals surface area contributed by atoms with Gasteiger partial charge in [0.25, 0.3) is 0 Å². The van der Waals surface area contributed by atoms with E-state index in [1.807, 2.05) is 7.05 Å². The molecule has 90 valence electrons. The van der Waals surface area contributed by atoms with E-state index in [1.165, 1.54) is 17.5 Å². The van der Waals surface area contributed by atoms with Crippen molar-refractivity contribution in [3.05, 3.63) is 41.7 Å². The molecule has 2 aromatic rings. The molecule has 0 bridgehead atoms. The lowest BCUT2D eigenvalue weighted by atomic mass is 10.0. The maximum atomic E-state index is 4.11. The van der Waals surface area contributed by atoms with E-state index in [0.717, 1.165) is 10.9 Å². The molecule has 0 saturated carbocycles. The summed E-state index contributed by atoms with van der Waals surface area (Å²) in [6.45, 7) is 2.14. The fraction of sp³-hybridized carbons (Fsp3) is 0.333. The van der Waals surface area contributed by atoms with Gasteiger partial charge in [-0.05, 0) is 25.1 Å². The first-order valence-electron chi connectivity index (χ1n) is 5.52. The third kappa shape index (κ3) is 3.08. The molecule has 1 aromatic carbocycles. The highest BCUT2D eigenvalue weighted by Crippen LogP contribution is 2.23. The van der Waals surface area contributed by atoms with Crippen molar-refractivity contribution in [2.75, 3.05) is 12.8 Å². The van der Waals surface area contributed by atoms with Crippen molar-refractivity contribution in [2.24, 2.45) is 0 Å². The Morgan fingerprint density at radius 1 is 1.41 bits per heavy atom. The Kier molecular flexibility index (Phi) is 4.17. The first-order valence-corrected chi connectivity index (χ1v) is 6.50. The number of aromatic amines is 1. The molecule has 0 aliphatic heterocycles. The summed E-state index contributed by atoms with van der Waals surface area (Å²) < 4.78 is 0. The van der Waals surface area contributed by atoms with Crippen LogP contribution in [0.4, 0.5) is 0 Å². The largest absolute Gasteiger partial charge is 0.312 e. The molecule has 0 radical (unpaired) electrons. The Bertz CT molecular complexity index is 455. The summed E-state index contributed by atoms with van der Waals surface area (Å²) >= 11 is 1.67. The Morgan fingerprint density at radius 3 is 2.88 bits per heavy atom. The topological polar surface area (TPSA) is 53.6 Å². The number of nitrogens with one attached hydrogen (secondary N) is 2. The lowest BCUT2D eigenvalue weighted by Crippen LogP contribution is -2.19. The third-order valence-electron chi connectivity index (χ3n) is 2.69. The van der Waals surface area contributed by atoms with Gasteiger partial charge in [0.1, 0.15) is 6.33 Å². The average molecular weight is 248 g/mol. The van der Waals surface area contributed by atoms with Gasteiger partial charge < -0.3 is 5.32 Å². The van der Waals surface area contributed by atoms with Crippen LogP contribution in [-0.2, 0) is 0 Å². The smallest absolute Gasteiger partial charge is 0.183 e. The van der Waals surface area contributed by atoms with Crippen molar-refractivity contribution in [1.82, 2.24) is 20.5 Å². The van der Waals surface area contributed by atoms with Crippen LogP contribution < -0.4 is 5.32 Å². The van der Waals surface area contributed by atoms with Gasteiger partial charge in [0, 0.05) is 11.8 Å². The molecule has 2 rings (SSSR count). The molecule has 0 fully saturated rings. The highest BCUT2D eigenvalue weighted by Gasteiger charge is 2.12. The van der Waals surface area contributed by atoms with Crippen LogP contribution in [0.25, 0.3) is 0 Å². The van der Waals surface area contributed by atoms with E-state index >= 15 is 0 Å². The minimum atomic E-state index is 0.325. The predicted octanol–water partition coefficient (Wildman–Crippen LogP) is 2.17. The molecule has 2 N–H and O–H groups in total. The molecule has 0 spiro atoms. The van der Waals surface area contributed by atoms with Crippen molar-refractivity contribution in [2.45, 2.75) is 18.1 Å². The second-order valence-corrected chi connectivity index (χ2v) is 4.81. The molecule has 1 heterocycles. The highest BCUT2D eigenvalue weighted by atomic mass is 32.2. The van der Waals surface area contributed by atoms with Crippen molar-refractivity contribution < 1.29 is 0 Å². The summed E-state index contributed by atoms with van der Waals surface area (Å²) in [4.78, 5) is 4.11. The molecular weight excluding hydrogens is 232 g/mol. The SMILES string of the molecule is CNC(CSc1ncn[nH]1)c1ccccc1C. The molecular formula is C12H16N4S. The van der Waals surface area contributed by atoms with E-state index in [1.54, 1.807) is 11.8 Å². The standard InChI is InChI=1S/C12H16N4S/c1-9-5-3-4-6-10(9)11(13-2)7-17-12-14-8-15-16-12/h3-6,8,11,13H,7H2,1-2H3,(H,14,15,16). The molecule has 1 atom stereocenters. The first-order chi connectivity index (χ1) is 8.31. The van der Waals surface area contributed by atoms with E-state index in [9.17, 15) is 0 Å². The molecule has 0 amide bonds. The molecule has 0 aliphatic carbocycles. The zero-order chi connectivity index (χ0) is 12.1. The number of benzene rings is 1. The Labute approximate surface area is 105 Å². The van der Waals surface area contributed by atoms with Crippen molar-refractivity contribution >= 4 is 11.8 Å². The van der Waals surface area contributed by atoms with Gasteiger partial charge in [-0.25, -0.2) is 4.98 Å². The minimum absolute atomic E-state index is 0.325. The lowest BCUT2D eigenvalue weighted by molar-refractivity contribution is 0.657. The van der Waals surface area contributed by atoms with Gasteiger partial charge in [0.05, 0.1) is 0 Å². The number of hydrogen-bond donors (Lipinski definition) is 2. The number of aryl methyl sites for hydroxylation is 1. The molecule has 17 heavy (non-hydrogen) atoms. The number of hydrogen-bond acceptors (Lipinski definition) is 4. The zero-order valence-electron chi connectivity index (χ0n) is 9.97. The molecule has 0 saturated heterocycles. The quantitative estimate of drug-likeness (QED) is 0.796. The fourth-order valence-corrected chi connectivity index (χ4v) is 2.64. The Morgan fingerprint density at radius 2 is 2.24 bits per heavy atom. The maximum Gasteiger partial charge on any atom is 0.183 e. The van der Waals surface area contributed by atoms with Gasteiger partial charge in [0.2, 0.25) is 0 Å². The first kappa shape index (κ1) is 12.1. The van der Waals surface area contributed by atoms with Crippen LogP contribution in [0.1, 0.15) is 17.2 Å². The second-order valence-electron chi connectivity index (χ2n) is 3.80.